The van der Waals surface area contributed by atoms with Crippen LogP contribution in [-0.2, 0) is 4.79 Å². The normalized spacial score (nSPS) is 15.3. The molecule has 4 rings (SSSR count). The molecule has 0 bridgehead atoms. The van der Waals surface area contributed by atoms with Gasteiger partial charge in [-0.3, -0.25) is 14.7 Å². The van der Waals surface area contributed by atoms with Gasteiger partial charge in [0.05, 0.1) is 28.2 Å². The summed E-state index contributed by atoms with van der Waals surface area (Å²) in [4.78, 5) is 25.8. The number of aryl methyl sites for hydroxylation is 1. The number of hydrogen-bond acceptors (Lipinski definition) is 3. The first-order valence-corrected chi connectivity index (χ1v) is 9.88. The maximum absolute atomic E-state index is 13.2. The minimum Gasteiger partial charge on any atom is -0.295 e. The van der Waals surface area contributed by atoms with Gasteiger partial charge in [-0.05, 0) is 91.0 Å². The topological polar surface area (TPSA) is 70.5 Å². The summed E-state index contributed by atoms with van der Waals surface area (Å²) in [6.07, 6.45) is 1.56. The van der Waals surface area contributed by atoms with Gasteiger partial charge in [-0.15, -0.1) is 0 Å². The highest BCUT2D eigenvalue weighted by Crippen LogP contribution is 2.25. The first kappa shape index (κ1) is 19.3. The largest absolute Gasteiger partial charge is 0.295 e. The van der Waals surface area contributed by atoms with Crippen LogP contribution >= 0.6 is 22.6 Å². The van der Waals surface area contributed by atoms with E-state index in [-0.39, 0.29) is 17.3 Å². The Bertz CT molecular complexity index is 1220. The number of anilines is 1. The summed E-state index contributed by atoms with van der Waals surface area (Å²) in [5.41, 5.74) is 2.68. The molecule has 0 fully saturated rings. The highest BCUT2D eigenvalue weighted by molar-refractivity contribution is 14.1. The van der Waals surface area contributed by atoms with Gasteiger partial charge in [0.25, 0.3) is 11.5 Å². The first-order chi connectivity index (χ1) is 13.8. The molecule has 2 aromatic carbocycles. The Morgan fingerprint density at radius 3 is 2.28 bits per heavy atom. The summed E-state index contributed by atoms with van der Waals surface area (Å²) in [5, 5.41) is 8.65. The zero-order valence-electron chi connectivity index (χ0n) is 15.6. The highest BCUT2D eigenvalue weighted by Gasteiger charge is 2.29. The van der Waals surface area contributed by atoms with E-state index in [1.54, 1.807) is 19.9 Å². The molecule has 0 saturated carbocycles. The van der Waals surface area contributed by atoms with Crippen molar-refractivity contribution < 1.29 is 9.18 Å². The van der Waals surface area contributed by atoms with Gasteiger partial charge in [-0.1, -0.05) is 0 Å². The molecule has 6 nitrogen and oxygen atoms in total. The standard InChI is InChI=1S/C21H16FIN4O2/c1-12-18(20(28)26(24-12)16-7-3-14(22)4-8-16)11-19-13(2)25-27(21(19)29)17-9-5-15(23)6-10-17/h3-11,24H,1-2H3. The molecule has 3 aromatic rings. The fraction of sp³-hybridized carbons (Fsp3) is 0.0952. The summed E-state index contributed by atoms with van der Waals surface area (Å²) < 4.78 is 15.6. The van der Waals surface area contributed by atoms with Gasteiger partial charge in [0.15, 0.2) is 0 Å². The van der Waals surface area contributed by atoms with Crippen LogP contribution in [-0.4, -0.2) is 21.4 Å². The van der Waals surface area contributed by atoms with Crippen LogP contribution in [0.1, 0.15) is 18.2 Å². The van der Waals surface area contributed by atoms with Crippen molar-refractivity contribution in [1.82, 2.24) is 9.78 Å². The number of benzene rings is 2. The SMILES string of the molecule is CC1=NN(c2ccc(I)cc2)C(=O)C1=Cc1c(C)[nH]n(-c2ccc(F)cc2)c1=O. The average molecular weight is 502 g/mol. The Balaban J connectivity index is 1.72. The molecule has 1 aromatic heterocycles. The zero-order chi connectivity index (χ0) is 20.7. The van der Waals surface area contributed by atoms with Gasteiger partial charge in [0, 0.05) is 9.26 Å². The Hall–Kier alpha value is -3.01. The highest BCUT2D eigenvalue weighted by atomic mass is 127. The molecule has 1 aliphatic heterocycles. The lowest BCUT2D eigenvalue weighted by Crippen LogP contribution is -2.22. The number of aromatic amines is 1. The Morgan fingerprint density at radius 1 is 1.00 bits per heavy atom. The zero-order valence-corrected chi connectivity index (χ0v) is 17.8. The van der Waals surface area contributed by atoms with E-state index in [0.29, 0.717) is 33.9 Å². The molecular formula is C21H16FIN4O2. The fourth-order valence-corrected chi connectivity index (χ4v) is 3.45. The monoisotopic (exact) mass is 502 g/mol. The minimum absolute atomic E-state index is 0.294. The van der Waals surface area contributed by atoms with Gasteiger partial charge in [-0.25, -0.2) is 9.07 Å². The van der Waals surface area contributed by atoms with Crippen LogP contribution in [0.25, 0.3) is 11.8 Å². The smallest absolute Gasteiger partial charge is 0.280 e. The number of hydrazone groups is 1. The first-order valence-electron chi connectivity index (χ1n) is 8.80. The summed E-state index contributed by atoms with van der Waals surface area (Å²) in [6, 6.07) is 13.0. The van der Waals surface area contributed by atoms with Crippen molar-refractivity contribution in [3.8, 4) is 5.69 Å². The second-order valence-corrected chi connectivity index (χ2v) is 7.85. The van der Waals surface area contributed by atoms with Crippen molar-refractivity contribution in [2.24, 2.45) is 5.10 Å². The average Bonchev–Trinajstić information content (AvgIpc) is 3.14. The van der Waals surface area contributed by atoms with E-state index in [1.807, 2.05) is 24.3 Å². The van der Waals surface area contributed by atoms with Crippen LogP contribution in [0.3, 0.4) is 0 Å². The van der Waals surface area contributed by atoms with E-state index >= 15 is 0 Å². The van der Waals surface area contributed by atoms with Crippen LogP contribution in [0.2, 0.25) is 0 Å². The van der Waals surface area contributed by atoms with Crippen molar-refractivity contribution in [3.63, 3.8) is 0 Å². The molecule has 0 radical (unpaired) electrons. The maximum atomic E-state index is 13.2. The van der Waals surface area contributed by atoms with Crippen LogP contribution < -0.4 is 10.6 Å². The number of hydrogen-bond donors (Lipinski definition) is 1. The van der Waals surface area contributed by atoms with Crippen LogP contribution in [0.4, 0.5) is 10.1 Å². The lowest BCUT2D eigenvalue weighted by atomic mass is 10.1. The van der Waals surface area contributed by atoms with E-state index in [4.69, 9.17) is 0 Å². The number of carbonyl (C=O) groups excluding carboxylic acids is 1. The Labute approximate surface area is 179 Å². The summed E-state index contributed by atoms with van der Waals surface area (Å²) in [5.74, 6) is -0.677. The third-order valence-electron chi connectivity index (χ3n) is 4.62. The molecule has 29 heavy (non-hydrogen) atoms. The predicted octanol–water partition coefficient (Wildman–Crippen LogP) is 4.02. The van der Waals surface area contributed by atoms with E-state index in [1.165, 1.54) is 34.0 Å². The van der Waals surface area contributed by atoms with Crippen molar-refractivity contribution in [2.45, 2.75) is 13.8 Å². The van der Waals surface area contributed by atoms with Crippen molar-refractivity contribution >= 4 is 46.0 Å². The van der Waals surface area contributed by atoms with Gasteiger partial charge >= 0.3 is 0 Å². The molecular weight excluding hydrogens is 486 g/mol. The molecule has 8 heteroatoms. The van der Waals surface area contributed by atoms with Gasteiger partial charge in [0.2, 0.25) is 0 Å². The maximum Gasteiger partial charge on any atom is 0.280 e. The van der Waals surface area contributed by atoms with Crippen LogP contribution in [0, 0.1) is 16.3 Å². The molecule has 1 amide bonds. The summed E-state index contributed by atoms with van der Waals surface area (Å²) >= 11 is 2.19. The minimum atomic E-state index is -0.383. The summed E-state index contributed by atoms with van der Waals surface area (Å²) in [6.45, 7) is 3.48. The van der Waals surface area contributed by atoms with Crippen molar-refractivity contribution in [2.75, 3.05) is 5.01 Å². The number of aromatic nitrogens is 2. The molecule has 0 unspecified atom stereocenters. The molecule has 0 saturated heterocycles. The number of nitrogens with one attached hydrogen (secondary N) is 1. The second kappa shape index (κ2) is 7.43. The molecule has 2 heterocycles. The Kier molecular flexibility index (Phi) is 4.95. The fourth-order valence-electron chi connectivity index (χ4n) is 3.09. The number of rotatable bonds is 3. The number of amides is 1. The molecule has 146 valence electrons. The molecule has 0 atom stereocenters. The van der Waals surface area contributed by atoms with E-state index in [9.17, 15) is 14.0 Å². The van der Waals surface area contributed by atoms with E-state index < -0.39 is 0 Å². The number of halogens is 2. The van der Waals surface area contributed by atoms with Gasteiger partial charge < -0.3 is 0 Å². The van der Waals surface area contributed by atoms with Gasteiger partial charge in [0.1, 0.15) is 5.82 Å². The second-order valence-electron chi connectivity index (χ2n) is 6.60. The number of H-pyrrole nitrogens is 1. The molecule has 1 aliphatic rings. The number of nitrogens with zero attached hydrogens (tertiary/aromatic N) is 3. The lowest BCUT2D eigenvalue weighted by Gasteiger charge is -2.11. The third-order valence-corrected chi connectivity index (χ3v) is 5.34. The third kappa shape index (κ3) is 3.55. The Morgan fingerprint density at radius 2 is 1.62 bits per heavy atom. The predicted molar refractivity (Wildman–Crippen MR) is 119 cm³/mol. The van der Waals surface area contributed by atoms with Crippen molar-refractivity contribution in [1.29, 1.82) is 0 Å². The van der Waals surface area contributed by atoms with E-state index in [2.05, 4.69) is 32.8 Å². The van der Waals surface area contributed by atoms with Crippen LogP contribution in [0.5, 0.6) is 0 Å². The quantitative estimate of drug-likeness (QED) is 0.434. The van der Waals surface area contributed by atoms with Crippen molar-refractivity contribution in [3.05, 3.63) is 85.1 Å². The lowest BCUT2D eigenvalue weighted by molar-refractivity contribution is -0.114. The van der Waals surface area contributed by atoms with E-state index in [0.717, 1.165) is 3.57 Å². The molecule has 0 spiro atoms. The molecule has 0 aliphatic carbocycles. The molecule has 1 N–H and O–H groups in total. The van der Waals surface area contributed by atoms with Crippen LogP contribution in [0.15, 0.2) is 64.0 Å². The van der Waals surface area contributed by atoms with Gasteiger partial charge in [-0.2, -0.15) is 10.1 Å². The number of carbonyl (C=O) groups is 1. The summed E-state index contributed by atoms with van der Waals surface area (Å²) in [7, 11) is 0.